The summed E-state index contributed by atoms with van der Waals surface area (Å²) in [7, 11) is -3.46. The van der Waals surface area contributed by atoms with E-state index in [1.807, 2.05) is 0 Å². The van der Waals surface area contributed by atoms with E-state index in [0.717, 1.165) is 31.8 Å². The van der Waals surface area contributed by atoms with Crippen LogP contribution in [0, 0.1) is 11.8 Å². The summed E-state index contributed by atoms with van der Waals surface area (Å²) in [6, 6.07) is 0. The first-order chi connectivity index (χ1) is 7.57. The Labute approximate surface area is 97.6 Å². The largest absolute Gasteiger partial charge is 0.317 e. The molecule has 0 aromatic heterocycles. The molecular formula is C10H21N3O2S. The Morgan fingerprint density at radius 1 is 1.00 bits per heavy atom. The lowest BCUT2D eigenvalue weighted by Gasteiger charge is -2.36. The Hall–Kier alpha value is -0.170. The van der Waals surface area contributed by atoms with E-state index < -0.39 is 10.2 Å². The quantitative estimate of drug-likeness (QED) is 0.715. The minimum Gasteiger partial charge on any atom is -0.317 e. The van der Waals surface area contributed by atoms with E-state index >= 15 is 0 Å². The Balaban J connectivity index is 1.85. The first kappa shape index (κ1) is 12.3. The van der Waals surface area contributed by atoms with Crippen molar-refractivity contribution >= 4 is 10.2 Å². The van der Waals surface area contributed by atoms with Crippen molar-refractivity contribution in [1.29, 1.82) is 0 Å². The van der Waals surface area contributed by atoms with Crippen LogP contribution < -0.4 is 10.5 Å². The van der Waals surface area contributed by atoms with E-state index in [1.165, 1.54) is 17.1 Å². The van der Waals surface area contributed by atoms with E-state index in [4.69, 9.17) is 5.14 Å². The van der Waals surface area contributed by atoms with Crippen molar-refractivity contribution in [3.05, 3.63) is 0 Å². The van der Waals surface area contributed by atoms with Crippen molar-refractivity contribution in [2.45, 2.75) is 25.7 Å². The molecule has 0 radical (unpaired) electrons. The molecule has 0 spiro atoms. The SMILES string of the molecule is NS(=O)(=O)N1CCC(C2CCNCC2)CC1. The van der Waals surface area contributed by atoms with Crippen molar-refractivity contribution in [2.75, 3.05) is 26.2 Å². The van der Waals surface area contributed by atoms with Crippen molar-refractivity contribution in [3.8, 4) is 0 Å². The van der Waals surface area contributed by atoms with E-state index in [2.05, 4.69) is 5.32 Å². The average molecular weight is 247 g/mol. The Morgan fingerprint density at radius 3 is 2.00 bits per heavy atom. The molecule has 94 valence electrons. The number of nitrogens with zero attached hydrogens (tertiary/aromatic N) is 1. The van der Waals surface area contributed by atoms with Crippen molar-refractivity contribution in [1.82, 2.24) is 9.62 Å². The molecule has 0 aromatic rings. The lowest BCUT2D eigenvalue weighted by molar-refractivity contribution is 0.176. The van der Waals surface area contributed by atoms with Crippen LogP contribution in [0.4, 0.5) is 0 Å². The molecule has 3 N–H and O–H groups in total. The maximum Gasteiger partial charge on any atom is 0.276 e. The van der Waals surface area contributed by atoms with Crippen LogP contribution in [0.2, 0.25) is 0 Å². The van der Waals surface area contributed by atoms with Crippen molar-refractivity contribution in [3.63, 3.8) is 0 Å². The van der Waals surface area contributed by atoms with Gasteiger partial charge in [-0.15, -0.1) is 0 Å². The predicted octanol–water partition coefficient (Wildman–Crippen LogP) is -0.0985. The van der Waals surface area contributed by atoms with Gasteiger partial charge >= 0.3 is 0 Å². The fourth-order valence-electron chi connectivity index (χ4n) is 2.92. The van der Waals surface area contributed by atoms with Crippen LogP contribution in [0.15, 0.2) is 0 Å². The Bertz CT molecular complexity index is 317. The van der Waals surface area contributed by atoms with Gasteiger partial charge in [0, 0.05) is 13.1 Å². The molecule has 0 atom stereocenters. The maximum atomic E-state index is 11.2. The van der Waals surface area contributed by atoms with Gasteiger partial charge in [-0.05, 0) is 50.6 Å². The summed E-state index contributed by atoms with van der Waals surface area (Å²) in [6.45, 7) is 3.43. The lowest BCUT2D eigenvalue weighted by atomic mass is 9.79. The highest BCUT2D eigenvalue weighted by Gasteiger charge is 2.30. The van der Waals surface area contributed by atoms with Crippen LogP contribution in [0.1, 0.15) is 25.7 Å². The number of hydrogen-bond donors (Lipinski definition) is 2. The second-order valence-electron chi connectivity index (χ2n) is 4.87. The number of nitrogens with two attached hydrogens (primary N) is 1. The molecule has 2 fully saturated rings. The number of hydrogen-bond acceptors (Lipinski definition) is 3. The molecule has 2 aliphatic rings. The zero-order valence-electron chi connectivity index (χ0n) is 9.56. The van der Waals surface area contributed by atoms with Crippen molar-refractivity contribution in [2.24, 2.45) is 17.0 Å². The minimum absolute atomic E-state index is 0.605. The van der Waals surface area contributed by atoms with Crippen LogP contribution >= 0.6 is 0 Å². The summed E-state index contributed by atoms with van der Waals surface area (Å²) < 4.78 is 23.7. The highest BCUT2D eigenvalue weighted by atomic mass is 32.2. The van der Waals surface area contributed by atoms with Crippen LogP contribution in [0.3, 0.4) is 0 Å². The lowest BCUT2D eigenvalue weighted by Crippen LogP contribution is -2.44. The molecule has 2 saturated heterocycles. The van der Waals surface area contributed by atoms with Gasteiger partial charge in [-0.2, -0.15) is 12.7 Å². The Morgan fingerprint density at radius 2 is 1.50 bits per heavy atom. The third-order valence-electron chi connectivity index (χ3n) is 3.91. The highest BCUT2D eigenvalue weighted by molar-refractivity contribution is 7.86. The number of piperidine rings is 2. The van der Waals surface area contributed by atoms with Crippen LogP contribution in [0.25, 0.3) is 0 Å². The second kappa shape index (κ2) is 5.00. The molecule has 0 aliphatic carbocycles. The first-order valence-corrected chi connectivity index (χ1v) is 7.56. The van der Waals surface area contributed by atoms with E-state index in [9.17, 15) is 8.42 Å². The fraction of sp³-hybridized carbons (Fsp3) is 1.00. The standard InChI is InChI=1S/C10H21N3O2S/c11-16(14,15)13-7-3-10(4-8-13)9-1-5-12-6-2-9/h9-10,12H,1-8H2,(H2,11,14,15). The van der Waals surface area contributed by atoms with Gasteiger partial charge in [0.25, 0.3) is 10.2 Å². The zero-order valence-corrected chi connectivity index (χ0v) is 10.4. The normalized spacial score (nSPS) is 27.1. The molecule has 0 aromatic carbocycles. The molecule has 16 heavy (non-hydrogen) atoms. The molecule has 0 saturated carbocycles. The molecule has 2 heterocycles. The number of rotatable bonds is 2. The minimum atomic E-state index is -3.46. The van der Waals surface area contributed by atoms with Gasteiger partial charge in [0.15, 0.2) is 0 Å². The summed E-state index contributed by atoms with van der Waals surface area (Å²) in [5.74, 6) is 1.48. The predicted molar refractivity (Wildman–Crippen MR) is 63.0 cm³/mol. The van der Waals surface area contributed by atoms with Gasteiger partial charge in [-0.25, -0.2) is 5.14 Å². The van der Waals surface area contributed by atoms with E-state index in [-0.39, 0.29) is 0 Å². The zero-order chi connectivity index (χ0) is 11.6. The van der Waals surface area contributed by atoms with Gasteiger partial charge in [0.2, 0.25) is 0 Å². The summed E-state index contributed by atoms with van der Waals surface area (Å²) >= 11 is 0. The number of nitrogens with one attached hydrogen (secondary N) is 1. The van der Waals surface area contributed by atoms with Gasteiger partial charge in [-0.1, -0.05) is 0 Å². The van der Waals surface area contributed by atoms with Gasteiger partial charge in [0.1, 0.15) is 0 Å². The Kier molecular flexibility index (Phi) is 3.84. The van der Waals surface area contributed by atoms with Crippen molar-refractivity contribution < 1.29 is 8.42 Å². The topological polar surface area (TPSA) is 75.4 Å². The third-order valence-corrected chi connectivity index (χ3v) is 4.99. The maximum absolute atomic E-state index is 11.2. The molecule has 5 nitrogen and oxygen atoms in total. The summed E-state index contributed by atoms with van der Waals surface area (Å²) in [5.41, 5.74) is 0. The van der Waals surface area contributed by atoms with Gasteiger partial charge in [0.05, 0.1) is 0 Å². The van der Waals surface area contributed by atoms with E-state index in [0.29, 0.717) is 19.0 Å². The molecule has 0 amide bonds. The molecule has 2 aliphatic heterocycles. The molecular weight excluding hydrogens is 226 g/mol. The monoisotopic (exact) mass is 247 g/mol. The first-order valence-electron chi connectivity index (χ1n) is 6.06. The summed E-state index contributed by atoms with van der Waals surface area (Å²) in [4.78, 5) is 0. The smallest absolute Gasteiger partial charge is 0.276 e. The van der Waals surface area contributed by atoms with Crippen LogP contribution in [-0.2, 0) is 10.2 Å². The van der Waals surface area contributed by atoms with E-state index in [1.54, 1.807) is 0 Å². The highest BCUT2D eigenvalue weighted by Crippen LogP contribution is 2.31. The average Bonchev–Trinajstić information content (AvgIpc) is 2.29. The molecule has 0 unspecified atom stereocenters. The molecule has 2 rings (SSSR count). The third kappa shape index (κ3) is 2.94. The van der Waals surface area contributed by atoms with Gasteiger partial charge < -0.3 is 5.32 Å². The van der Waals surface area contributed by atoms with Crippen LogP contribution in [-0.4, -0.2) is 38.9 Å². The molecule has 6 heteroatoms. The summed E-state index contributed by atoms with van der Waals surface area (Å²) in [5, 5.41) is 8.48. The van der Waals surface area contributed by atoms with Crippen LogP contribution in [0.5, 0.6) is 0 Å². The van der Waals surface area contributed by atoms with Gasteiger partial charge in [-0.3, -0.25) is 0 Å². The summed E-state index contributed by atoms with van der Waals surface area (Å²) in [6.07, 6.45) is 4.42. The second-order valence-corrected chi connectivity index (χ2v) is 6.42. The fourth-order valence-corrected chi connectivity index (χ4v) is 3.64. The molecule has 0 bridgehead atoms.